The molecular weight excluding hydrogens is 425 g/mol. The molecule has 1 amide bonds. The van der Waals surface area contributed by atoms with Crippen LogP contribution in [0.4, 0.5) is 24.7 Å². The van der Waals surface area contributed by atoms with Gasteiger partial charge in [0.1, 0.15) is 11.4 Å². The molecule has 10 heteroatoms. The zero-order valence-electron chi connectivity index (χ0n) is 18.1. The van der Waals surface area contributed by atoms with Crippen LogP contribution < -0.4 is 9.80 Å². The van der Waals surface area contributed by atoms with E-state index < -0.39 is 23.8 Å². The van der Waals surface area contributed by atoms with Crippen LogP contribution in [0.15, 0.2) is 30.5 Å². The Morgan fingerprint density at radius 1 is 1.19 bits per heavy atom. The van der Waals surface area contributed by atoms with E-state index in [4.69, 9.17) is 5.11 Å². The molecule has 7 nitrogen and oxygen atoms in total. The van der Waals surface area contributed by atoms with E-state index in [9.17, 15) is 22.8 Å². The highest BCUT2D eigenvalue weighted by molar-refractivity contribution is 5.99. The summed E-state index contributed by atoms with van der Waals surface area (Å²) in [6, 6.07) is 4.97. The second-order valence-electron chi connectivity index (χ2n) is 8.11. The number of amides is 1. The van der Waals surface area contributed by atoms with E-state index >= 15 is 0 Å². The minimum Gasteiger partial charge on any atom is -0.477 e. The first-order chi connectivity index (χ1) is 15.0. The molecular formula is C22H25F3N4O3. The molecule has 2 aromatic rings. The van der Waals surface area contributed by atoms with Crippen molar-refractivity contribution in [2.75, 3.05) is 29.9 Å². The average Bonchev–Trinajstić information content (AvgIpc) is 2.77. The fraction of sp³-hybridized carbons (Fsp3) is 0.455. The molecule has 0 spiro atoms. The summed E-state index contributed by atoms with van der Waals surface area (Å²) >= 11 is 0. The predicted molar refractivity (Wildman–Crippen MR) is 113 cm³/mol. The molecule has 1 atom stereocenters. The summed E-state index contributed by atoms with van der Waals surface area (Å²) in [5, 5.41) is 8.98. The van der Waals surface area contributed by atoms with Gasteiger partial charge in [-0.25, -0.2) is 14.8 Å². The van der Waals surface area contributed by atoms with E-state index in [1.807, 2.05) is 0 Å². The van der Waals surface area contributed by atoms with Crippen LogP contribution in [0.3, 0.4) is 0 Å². The lowest BCUT2D eigenvalue weighted by atomic mass is 9.99. The van der Waals surface area contributed by atoms with Crippen molar-refractivity contribution < 1.29 is 27.9 Å². The zero-order valence-corrected chi connectivity index (χ0v) is 18.1. The first-order valence-corrected chi connectivity index (χ1v) is 10.3. The molecule has 0 aliphatic carbocycles. The number of hydrogen-bond donors (Lipinski definition) is 1. The number of likely N-dealkylation sites (N-methyl/N-ethyl adjacent to an activating group) is 1. The van der Waals surface area contributed by atoms with Crippen molar-refractivity contribution in [1.29, 1.82) is 0 Å². The van der Waals surface area contributed by atoms with Gasteiger partial charge in [-0.1, -0.05) is 13.0 Å². The van der Waals surface area contributed by atoms with Crippen molar-refractivity contribution in [3.63, 3.8) is 0 Å². The lowest BCUT2D eigenvalue weighted by Crippen LogP contribution is -2.37. The maximum atomic E-state index is 13.3. The maximum Gasteiger partial charge on any atom is 0.433 e. The monoisotopic (exact) mass is 450 g/mol. The molecule has 0 radical (unpaired) electrons. The Morgan fingerprint density at radius 2 is 1.84 bits per heavy atom. The normalized spacial score (nSPS) is 16.0. The number of halogens is 3. The summed E-state index contributed by atoms with van der Waals surface area (Å²) in [6.45, 7) is 4.84. The van der Waals surface area contributed by atoms with Crippen molar-refractivity contribution in [1.82, 2.24) is 9.97 Å². The van der Waals surface area contributed by atoms with Gasteiger partial charge < -0.3 is 14.9 Å². The fourth-order valence-electron chi connectivity index (χ4n) is 3.65. The van der Waals surface area contributed by atoms with Crippen molar-refractivity contribution in [3.05, 3.63) is 47.4 Å². The number of carboxylic acid groups (broad SMARTS) is 1. The number of aromatic carboxylic acids is 1. The summed E-state index contributed by atoms with van der Waals surface area (Å²) < 4.78 is 40.0. The molecule has 0 aromatic carbocycles. The van der Waals surface area contributed by atoms with E-state index in [0.717, 1.165) is 18.9 Å². The molecule has 1 fully saturated rings. The highest BCUT2D eigenvalue weighted by Gasteiger charge is 2.35. The molecule has 1 aliphatic heterocycles. The Morgan fingerprint density at radius 3 is 2.38 bits per heavy atom. The predicted octanol–water partition coefficient (Wildman–Crippen LogP) is 4.20. The number of hydrogen-bond acceptors (Lipinski definition) is 5. The van der Waals surface area contributed by atoms with Gasteiger partial charge in [-0.15, -0.1) is 0 Å². The minimum atomic E-state index is -4.59. The number of aromatic nitrogens is 2. The van der Waals surface area contributed by atoms with E-state index in [1.165, 1.54) is 36.3 Å². The van der Waals surface area contributed by atoms with Crippen molar-refractivity contribution in [2.24, 2.45) is 5.92 Å². The standard InChI is InChI=1S/C22H25F3N4O3/c1-13-8-10-29(11-9-13)19-17(6-7-18(27-19)22(23,24)25)28(3)20(30)14(2)15-4-5-16(21(31)32)26-12-15/h4-7,12-14H,8-11H2,1-3H3,(H,31,32). The van der Waals surface area contributed by atoms with E-state index in [1.54, 1.807) is 11.8 Å². The van der Waals surface area contributed by atoms with Gasteiger partial charge in [-0.3, -0.25) is 4.79 Å². The van der Waals surface area contributed by atoms with Gasteiger partial charge >= 0.3 is 12.1 Å². The number of nitrogens with zero attached hydrogens (tertiary/aromatic N) is 4. The zero-order chi connectivity index (χ0) is 23.6. The number of anilines is 2. The Bertz CT molecular complexity index is 987. The first kappa shape index (κ1) is 23.5. The van der Waals surface area contributed by atoms with Gasteiger partial charge in [0.2, 0.25) is 5.91 Å². The third-order valence-electron chi connectivity index (χ3n) is 5.80. The second kappa shape index (κ2) is 9.13. The number of carbonyl (C=O) groups is 2. The molecule has 1 saturated heterocycles. The SMILES string of the molecule is CC1CCN(c2nc(C(F)(F)F)ccc2N(C)C(=O)C(C)c2ccc(C(=O)O)nc2)CC1. The van der Waals surface area contributed by atoms with Crippen LogP contribution in [-0.2, 0) is 11.0 Å². The van der Waals surface area contributed by atoms with Crippen molar-refractivity contribution >= 4 is 23.4 Å². The largest absolute Gasteiger partial charge is 0.477 e. The van der Waals surface area contributed by atoms with E-state index in [0.29, 0.717) is 30.3 Å². The third-order valence-corrected chi connectivity index (χ3v) is 5.80. The molecule has 32 heavy (non-hydrogen) atoms. The van der Waals surface area contributed by atoms with Gasteiger partial charge in [-0.05, 0) is 49.4 Å². The molecule has 172 valence electrons. The Labute approximate surface area is 183 Å². The highest BCUT2D eigenvalue weighted by atomic mass is 19.4. The van der Waals surface area contributed by atoms with Crippen molar-refractivity contribution in [3.8, 4) is 0 Å². The van der Waals surface area contributed by atoms with Gasteiger partial charge in [0.15, 0.2) is 5.82 Å². The summed E-state index contributed by atoms with van der Waals surface area (Å²) in [4.78, 5) is 34.9. The second-order valence-corrected chi connectivity index (χ2v) is 8.11. The van der Waals surface area contributed by atoms with Crippen LogP contribution in [0, 0.1) is 5.92 Å². The van der Waals surface area contributed by atoms with E-state index in [-0.39, 0.29) is 17.4 Å². The lowest BCUT2D eigenvalue weighted by Gasteiger charge is -2.34. The average molecular weight is 450 g/mol. The quantitative estimate of drug-likeness (QED) is 0.735. The summed E-state index contributed by atoms with van der Waals surface area (Å²) in [7, 11) is 1.50. The summed E-state index contributed by atoms with van der Waals surface area (Å²) in [5.41, 5.74) is -0.355. The molecule has 1 aliphatic rings. The molecule has 0 bridgehead atoms. The number of alkyl halides is 3. The minimum absolute atomic E-state index is 0.133. The number of carboxylic acids is 1. The van der Waals surface area contributed by atoms with Crippen LogP contribution in [-0.4, -0.2) is 47.1 Å². The van der Waals surface area contributed by atoms with Gasteiger partial charge in [0, 0.05) is 26.3 Å². The van der Waals surface area contributed by atoms with Gasteiger partial charge in [-0.2, -0.15) is 13.2 Å². The summed E-state index contributed by atoms with van der Waals surface area (Å²) in [6.07, 6.45) is -1.62. The molecule has 1 unspecified atom stereocenters. The molecule has 1 N–H and O–H groups in total. The lowest BCUT2D eigenvalue weighted by molar-refractivity contribution is -0.141. The third kappa shape index (κ3) is 5.00. The number of piperidine rings is 1. The molecule has 0 saturated carbocycles. The van der Waals surface area contributed by atoms with Crippen LogP contribution in [0.2, 0.25) is 0 Å². The molecule has 3 rings (SSSR count). The first-order valence-electron chi connectivity index (χ1n) is 10.3. The highest BCUT2D eigenvalue weighted by Crippen LogP contribution is 2.36. The van der Waals surface area contributed by atoms with Crippen LogP contribution in [0.1, 0.15) is 54.4 Å². The Kier molecular flexibility index (Phi) is 6.71. The molecule has 2 aromatic heterocycles. The van der Waals surface area contributed by atoms with Gasteiger partial charge in [0.05, 0.1) is 11.6 Å². The molecule has 3 heterocycles. The van der Waals surface area contributed by atoms with Crippen LogP contribution >= 0.6 is 0 Å². The Balaban J connectivity index is 1.92. The topological polar surface area (TPSA) is 86.6 Å². The van der Waals surface area contributed by atoms with E-state index in [2.05, 4.69) is 16.9 Å². The van der Waals surface area contributed by atoms with Gasteiger partial charge in [0.25, 0.3) is 0 Å². The smallest absolute Gasteiger partial charge is 0.433 e. The number of pyridine rings is 2. The number of carbonyl (C=O) groups excluding carboxylic acids is 1. The van der Waals surface area contributed by atoms with Crippen LogP contribution in [0.25, 0.3) is 0 Å². The maximum absolute atomic E-state index is 13.3. The Hall–Kier alpha value is -3.17. The fourth-order valence-corrected chi connectivity index (χ4v) is 3.65. The number of rotatable bonds is 5. The summed E-state index contributed by atoms with van der Waals surface area (Å²) in [5.74, 6) is -1.63. The van der Waals surface area contributed by atoms with Crippen LogP contribution in [0.5, 0.6) is 0 Å². The van der Waals surface area contributed by atoms with Crippen molar-refractivity contribution in [2.45, 2.75) is 38.8 Å².